The molecule has 19 heavy (non-hydrogen) atoms. The number of amides is 1. The zero-order valence-electron chi connectivity index (χ0n) is 11.7. The second-order valence-electron chi connectivity index (χ2n) is 4.23. The van der Waals surface area contributed by atoms with Crippen molar-refractivity contribution in [3.63, 3.8) is 0 Å². The van der Waals surface area contributed by atoms with Gasteiger partial charge in [-0.25, -0.2) is 0 Å². The lowest BCUT2D eigenvalue weighted by Gasteiger charge is -2.17. The molecule has 1 amide bonds. The van der Waals surface area contributed by atoms with Gasteiger partial charge in [-0.15, -0.1) is 12.4 Å². The second kappa shape index (κ2) is 9.64. The van der Waals surface area contributed by atoms with Crippen molar-refractivity contribution in [1.29, 1.82) is 0 Å². The van der Waals surface area contributed by atoms with E-state index in [2.05, 4.69) is 10.6 Å². The first-order chi connectivity index (χ1) is 8.67. The van der Waals surface area contributed by atoms with Gasteiger partial charge in [0.1, 0.15) is 5.75 Å². The van der Waals surface area contributed by atoms with E-state index in [4.69, 9.17) is 4.74 Å². The third-order valence-electron chi connectivity index (χ3n) is 2.61. The van der Waals surface area contributed by atoms with Crippen LogP contribution >= 0.6 is 12.4 Å². The third-order valence-corrected chi connectivity index (χ3v) is 2.61. The summed E-state index contributed by atoms with van der Waals surface area (Å²) in [5.74, 6) is 0.680. The number of ether oxygens (including phenoxy) is 1. The number of hydrogen-bond donors (Lipinski definition) is 2. The van der Waals surface area contributed by atoms with Gasteiger partial charge >= 0.3 is 0 Å². The molecular weight excluding hydrogens is 264 g/mol. The van der Waals surface area contributed by atoms with Gasteiger partial charge in [0.25, 0.3) is 5.91 Å². The van der Waals surface area contributed by atoms with Crippen LogP contribution in [0.15, 0.2) is 24.3 Å². The molecule has 0 aliphatic carbocycles. The van der Waals surface area contributed by atoms with Gasteiger partial charge in [0.2, 0.25) is 0 Å². The Morgan fingerprint density at radius 3 is 2.68 bits per heavy atom. The van der Waals surface area contributed by atoms with Crippen LogP contribution in [0.3, 0.4) is 0 Å². The molecule has 1 atom stereocenters. The maximum atomic E-state index is 11.9. The van der Waals surface area contributed by atoms with E-state index in [1.165, 1.54) is 0 Å². The monoisotopic (exact) mass is 286 g/mol. The Labute approximate surface area is 121 Å². The Morgan fingerprint density at radius 2 is 2.11 bits per heavy atom. The second-order valence-corrected chi connectivity index (χ2v) is 4.23. The van der Waals surface area contributed by atoms with E-state index in [1.54, 1.807) is 0 Å². The van der Waals surface area contributed by atoms with Crippen LogP contribution in [0.2, 0.25) is 0 Å². The van der Waals surface area contributed by atoms with Crippen LogP contribution in [0.5, 0.6) is 5.75 Å². The molecule has 0 bridgehead atoms. The Kier molecular flexibility index (Phi) is 9.00. The molecule has 0 aliphatic heterocycles. The topological polar surface area (TPSA) is 50.4 Å². The zero-order valence-corrected chi connectivity index (χ0v) is 12.5. The SMILES string of the molecule is CCC(Oc1cccc(C)c1)C(=O)NCCNC.Cl. The molecule has 0 saturated heterocycles. The molecule has 5 heteroatoms. The van der Waals surface area contributed by atoms with E-state index in [1.807, 2.05) is 45.2 Å². The average molecular weight is 287 g/mol. The Morgan fingerprint density at radius 1 is 1.37 bits per heavy atom. The summed E-state index contributed by atoms with van der Waals surface area (Å²) >= 11 is 0. The van der Waals surface area contributed by atoms with Gasteiger partial charge in [-0.3, -0.25) is 4.79 Å². The maximum Gasteiger partial charge on any atom is 0.261 e. The van der Waals surface area contributed by atoms with Crippen molar-refractivity contribution >= 4 is 18.3 Å². The largest absolute Gasteiger partial charge is 0.481 e. The molecule has 0 radical (unpaired) electrons. The van der Waals surface area contributed by atoms with Gasteiger partial charge < -0.3 is 15.4 Å². The zero-order chi connectivity index (χ0) is 13.4. The number of likely N-dealkylation sites (N-methyl/N-ethyl adjacent to an activating group) is 1. The van der Waals surface area contributed by atoms with Crippen LogP contribution in [0.1, 0.15) is 18.9 Å². The number of rotatable bonds is 7. The van der Waals surface area contributed by atoms with Gasteiger partial charge in [0, 0.05) is 13.1 Å². The molecule has 1 rings (SSSR count). The summed E-state index contributed by atoms with van der Waals surface area (Å²) in [5, 5.41) is 5.82. The summed E-state index contributed by atoms with van der Waals surface area (Å²) in [7, 11) is 1.85. The van der Waals surface area contributed by atoms with E-state index in [0.29, 0.717) is 13.0 Å². The van der Waals surface area contributed by atoms with Crippen LogP contribution in [-0.4, -0.2) is 32.1 Å². The fourth-order valence-electron chi connectivity index (χ4n) is 1.60. The lowest BCUT2D eigenvalue weighted by Crippen LogP contribution is -2.40. The van der Waals surface area contributed by atoms with Crippen molar-refractivity contribution in [3.8, 4) is 5.75 Å². The van der Waals surface area contributed by atoms with Gasteiger partial charge in [0.15, 0.2) is 6.10 Å². The molecule has 0 saturated carbocycles. The lowest BCUT2D eigenvalue weighted by molar-refractivity contribution is -0.128. The number of halogens is 1. The van der Waals surface area contributed by atoms with E-state index in [0.717, 1.165) is 17.9 Å². The Hall–Kier alpha value is -1.26. The van der Waals surface area contributed by atoms with Crippen LogP contribution in [-0.2, 0) is 4.79 Å². The maximum absolute atomic E-state index is 11.9. The molecule has 0 heterocycles. The fourth-order valence-corrected chi connectivity index (χ4v) is 1.60. The van der Waals surface area contributed by atoms with Crippen molar-refractivity contribution in [2.75, 3.05) is 20.1 Å². The lowest BCUT2D eigenvalue weighted by atomic mass is 10.2. The summed E-state index contributed by atoms with van der Waals surface area (Å²) < 4.78 is 5.70. The number of carbonyl (C=O) groups is 1. The molecule has 0 aromatic heterocycles. The normalized spacial score (nSPS) is 11.3. The van der Waals surface area contributed by atoms with Gasteiger partial charge in [-0.05, 0) is 38.1 Å². The van der Waals surface area contributed by atoms with E-state index < -0.39 is 6.10 Å². The highest BCUT2D eigenvalue weighted by atomic mass is 35.5. The minimum absolute atomic E-state index is 0. The number of aryl methyl sites for hydroxylation is 1. The van der Waals surface area contributed by atoms with Gasteiger partial charge in [0.05, 0.1) is 0 Å². The van der Waals surface area contributed by atoms with Gasteiger partial charge in [-0.2, -0.15) is 0 Å². The molecule has 1 unspecified atom stereocenters. The predicted octanol–water partition coefficient (Wildman–Crippen LogP) is 1.91. The predicted molar refractivity (Wildman–Crippen MR) is 80.1 cm³/mol. The first-order valence-corrected chi connectivity index (χ1v) is 6.33. The van der Waals surface area contributed by atoms with Crippen molar-refractivity contribution in [2.45, 2.75) is 26.4 Å². The summed E-state index contributed by atoms with van der Waals surface area (Å²) in [5.41, 5.74) is 1.12. The van der Waals surface area contributed by atoms with Crippen molar-refractivity contribution in [2.24, 2.45) is 0 Å². The number of benzene rings is 1. The van der Waals surface area contributed by atoms with E-state index >= 15 is 0 Å². The molecule has 1 aromatic carbocycles. The smallest absolute Gasteiger partial charge is 0.261 e. The number of hydrogen-bond acceptors (Lipinski definition) is 3. The highest BCUT2D eigenvalue weighted by molar-refractivity contribution is 5.85. The Bertz CT molecular complexity index is 385. The summed E-state index contributed by atoms with van der Waals surface area (Å²) in [6, 6.07) is 7.73. The van der Waals surface area contributed by atoms with Crippen molar-refractivity contribution in [3.05, 3.63) is 29.8 Å². The average Bonchev–Trinajstić information content (AvgIpc) is 2.36. The van der Waals surface area contributed by atoms with Crippen LogP contribution in [0.4, 0.5) is 0 Å². The standard InChI is InChI=1S/C14H22N2O2.ClH/c1-4-13(14(17)16-9-8-15-3)18-12-7-5-6-11(2)10-12;/h5-7,10,13,15H,4,8-9H2,1-3H3,(H,16,17);1H. The fraction of sp³-hybridized carbons (Fsp3) is 0.500. The quantitative estimate of drug-likeness (QED) is 0.753. The van der Waals surface area contributed by atoms with Crippen LogP contribution < -0.4 is 15.4 Å². The third kappa shape index (κ3) is 6.45. The first-order valence-electron chi connectivity index (χ1n) is 6.33. The minimum Gasteiger partial charge on any atom is -0.481 e. The number of nitrogens with one attached hydrogen (secondary N) is 2. The van der Waals surface area contributed by atoms with Crippen molar-refractivity contribution < 1.29 is 9.53 Å². The summed E-state index contributed by atoms with van der Waals surface area (Å²) in [6.45, 7) is 5.31. The molecule has 2 N–H and O–H groups in total. The summed E-state index contributed by atoms with van der Waals surface area (Å²) in [4.78, 5) is 11.9. The van der Waals surface area contributed by atoms with Crippen molar-refractivity contribution in [1.82, 2.24) is 10.6 Å². The van der Waals surface area contributed by atoms with E-state index in [-0.39, 0.29) is 18.3 Å². The molecule has 1 aromatic rings. The summed E-state index contributed by atoms with van der Waals surface area (Å²) in [6.07, 6.45) is 0.225. The molecular formula is C14H23ClN2O2. The van der Waals surface area contributed by atoms with Crippen LogP contribution in [0, 0.1) is 6.92 Å². The first kappa shape index (κ1) is 17.7. The van der Waals surface area contributed by atoms with E-state index in [9.17, 15) is 4.79 Å². The molecule has 0 aliphatic rings. The molecule has 4 nitrogen and oxygen atoms in total. The van der Waals surface area contributed by atoms with Crippen LogP contribution in [0.25, 0.3) is 0 Å². The molecule has 108 valence electrons. The highest BCUT2D eigenvalue weighted by Gasteiger charge is 2.17. The highest BCUT2D eigenvalue weighted by Crippen LogP contribution is 2.15. The Balaban J connectivity index is 0.00000324. The molecule has 0 spiro atoms. The minimum atomic E-state index is -0.427. The molecule has 0 fully saturated rings. The number of carbonyl (C=O) groups excluding carboxylic acids is 1. The van der Waals surface area contributed by atoms with Gasteiger partial charge in [-0.1, -0.05) is 19.1 Å².